The maximum Gasteiger partial charge on any atom is 0.472 e. The minimum absolute atomic E-state index is 0.0847. The lowest BCUT2D eigenvalue weighted by Crippen LogP contribution is -2.30. The molecule has 0 aromatic carbocycles. The zero-order valence-electron chi connectivity index (χ0n) is 61.6. The Hall–Kier alpha value is -2.46. The van der Waals surface area contributed by atoms with E-state index < -0.39 is 97.5 Å². The standard InChI is InChI=1S/C76H144O17P2/c1-8-10-11-12-13-14-15-16-17-18-23-29-38-45-52-59-75(80)92-71(63-86-73(78)57-50-43-36-28-22-20-19-21-26-33-40-47-54-67(3)4)65-90-94(82,83)88-61-70(77)62-89-95(84,85)91-66-72(64-87-74(79)58-51-44-37-32-31-35-42-49-56-69(7)9-2)93-76(81)60-53-46-39-30-25-24-27-34-41-48-55-68(5)6/h14-17,67-72,77H,8-13,18-66H2,1-7H3,(H,82,83)(H,84,85)/b15-14-,17-16-/t69?,70-,71-,72-/m1/s1. The number of carbonyl (C=O) groups is 4. The lowest BCUT2D eigenvalue weighted by molar-refractivity contribution is -0.161. The molecule has 0 aliphatic rings. The molecule has 0 spiro atoms. The van der Waals surface area contributed by atoms with E-state index in [1.54, 1.807) is 0 Å². The minimum atomic E-state index is -4.97. The zero-order valence-corrected chi connectivity index (χ0v) is 63.4. The maximum absolute atomic E-state index is 13.1. The molecule has 95 heavy (non-hydrogen) atoms. The number of phosphoric acid groups is 2. The van der Waals surface area contributed by atoms with Crippen molar-refractivity contribution in [2.75, 3.05) is 39.6 Å². The third kappa shape index (κ3) is 68.5. The molecule has 6 atom stereocenters. The first-order valence-electron chi connectivity index (χ1n) is 38.7. The molecule has 0 saturated carbocycles. The number of aliphatic hydroxyl groups excluding tert-OH is 1. The van der Waals surface area contributed by atoms with Gasteiger partial charge in [0.1, 0.15) is 19.3 Å². The highest BCUT2D eigenvalue weighted by Crippen LogP contribution is 2.45. The molecule has 0 aliphatic carbocycles. The van der Waals surface area contributed by atoms with E-state index in [1.165, 1.54) is 161 Å². The molecule has 0 aromatic heterocycles. The van der Waals surface area contributed by atoms with E-state index in [-0.39, 0.29) is 25.7 Å². The zero-order chi connectivity index (χ0) is 70.1. The molecule has 0 aromatic rings. The van der Waals surface area contributed by atoms with Crippen molar-refractivity contribution in [3.05, 3.63) is 24.3 Å². The van der Waals surface area contributed by atoms with E-state index in [4.69, 9.17) is 37.0 Å². The van der Waals surface area contributed by atoms with Crippen molar-refractivity contribution in [1.29, 1.82) is 0 Å². The van der Waals surface area contributed by atoms with Gasteiger partial charge in [0.25, 0.3) is 0 Å². The van der Waals surface area contributed by atoms with Gasteiger partial charge in [-0.3, -0.25) is 37.3 Å². The van der Waals surface area contributed by atoms with E-state index in [2.05, 4.69) is 72.8 Å². The van der Waals surface area contributed by atoms with Crippen LogP contribution in [0.5, 0.6) is 0 Å². The third-order valence-electron chi connectivity index (χ3n) is 17.4. The van der Waals surface area contributed by atoms with Gasteiger partial charge in [-0.1, -0.05) is 310 Å². The van der Waals surface area contributed by atoms with Crippen LogP contribution in [0.25, 0.3) is 0 Å². The van der Waals surface area contributed by atoms with Crippen LogP contribution in [0, 0.1) is 17.8 Å². The summed E-state index contributed by atoms with van der Waals surface area (Å²) in [7, 11) is -9.93. The van der Waals surface area contributed by atoms with Gasteiger partial charge in [-0.2, -0.15) is 0 Å². The average molecular weight is 1390 g/mol. The monoisotopic (exact) mass is 1390 g/mol. The number of esters is 4. The smallest absolute Gasteiger partial charge is 0.462 e. The Morgan fingerprint density at radius 2 is 0.621 bits per heavy atom. The SMILES string of the molecule is CCCCCC/C=C\C=C/CCCCCCCC(=O)O[C@H](COC(=O)CCCCCCCCCCCCCCC(C)C)COP(=O)(O)OC[C@@H](O)COP(=O)(O)OC[C@@H](COC(=O)CCCCCCCCCCC(C)CC)OC(=O)CCCCCCCCCCCCC(C)C. The van der Waals surface area contributed by atoms with Gasteiger partial charge < -0.3 is 33.8 Å². The fourth-order valence-electron chi connectivity index (χ4n) is 11.0. The highest BCUT2D eigenvalue weighted by Gasteiger charge is 2.30. The van der Waals surface area contributed by atoms with E-state index >= 15 is 0 Å². The number of ether oxygens (including phenoxy) is 4. The number of phosphoric ester groups is 2. The first kappa shape index (κ1) is 92.5. The molecule has 0 bridgehead atoms. The molecule has 0 heterocycles. The summed E-state index contributed by atoms with van der Waals surface area (Å²) in [5, 5.41) is 10.6. The second-order valence-electron chi connectivity index (χ2n) is 27.9. The van der Waals surface area contributed by atoms with Crippen molar-refractivity contribution in [2.45, 2.75) is 381 Å². The second kappa shape index (κ2) is 66.1. The molecule has 17 nitrogen and oxygen atoms in total. The minimum Gasteiger partial charge on any atom is -0.462 e. The summed E-state index contributed by atoms with van der Waals surface area (Å²) < 4.78 is 68.5. The normalized spacial score (nSPS) is 14.5. The fraction of sp³-hybridized carbons (Fsp3) is 0.895. The quantitative estimate of drug-likeness (QED) is 0.0169. The van der Waals surface area contributed by atoms with Crippen molar-refractivity contribution >= 4 is 39.5 Å². The summed E-state index contributed by atoms with van der Waals surface area (Å²) in [6.07, 6.45) is 54.8. The molecule has 0 rings (SSSR count). The molecule has 3 unspecified atom stereocenters. The summed E-state index contributed by atoms with van der Waals surface area (Å²) in [6, 6.07) is 0. The summed E-state index contributed by atoms with van der Waals surface area (Å²) in [5.41, 5.74) is 0. The number of unbranched alkanes of at least 4 members (excludes halogenated alkanes) is 36. The van der Waals surface area contributed by atoms with Gasteiger partial charge in [0.05, 0.1) is 26.4 Å². The molecule has 0 radical (unpaired) electrons. The fourth-order valence-corrected chi connectivity index (χ4v) is 12.6. The molecule has 560 valence electrons. The number of aliphatic hydroxyl groups is 1. The Morgan fingerprint density at radius 3 is 0.937 bits per heavy atom. The second-order valence-corrected chi connectivity index (χ2v) is 30.8. The number of hydrogen-bond donors (Lipinski definition) is 3. The Labute approximate surface area is 580 Å². The number of allylic oxidation sites excluding steroid dienone is 4. The first-order valence-corrected chi connectivity index (χ1v) is 41.7. The van der Waals surface area contributed by atoms with Crippen molar-refractivity contribution in [3.8, 4) is 0 Å². The van der Waals surface area contributed by atoms with Crippen molar-refractivity contribution < 1.29 is 80.2 Å². The highest BCUT2D eigenvalue weighted by molar-refractivity contribution is 7.47. The van der Waals surface area contributed by atoms with Gasteiger partial charge in [0, 0.05) is 25.7 Å². The first-order chi connectivity index (χ1) is 45.8. The van der Waals surface area contributed by atoms with E-state index in [0.717, 1.165) is 120 Å². The summed E-state index contributed by atoms with van der Waals surface area (Å²) in [4.78, 5) is 72.8. The Balaban J connectivity index is 5.31. The van der Waals surface area contributed by atoms with Crippen LogP contribution in [0.1, 0.15) is 363 Å². The van der Waals surface area contributed by atoms with Crippen molar-refractivity contribution in [1.82, 2.24) is 0 Å². The van der Waals surface area contributed by atoms with Crippen molar-refractivity contribution in [2.24, 2.45) is 17.8 Å². The molecular weight excluding hydrogens is 1250 g/mol. The largest absolute Gasteiger partial charge is 0.472 e. The molecule has 0 saturated heterocycles. The van der Waals surface area contributed by atoms with Crippen LogP contribution >= 0.6 is 15.6 Å². The summed E-state index contributed by atoms with van der Waals surface area (Å²) >= 11 is 0. The summed E-state index contributed by atoms with van der Waals surface area (Å²) in [6.45, 7) is 11.8. The molecule has 0 aliphatic heterocycles. The van der Waals surface area contributed by atoms with Crippen molar-refractivity contribution in [3.63, 3.8) is 0 Å². The van der Waals surface area contributed by atoms with Crippen LogP contribution < -0.4 is 0 Å². The predicted octanol–water partition coefficient (Wildman–Crippen LogP) is 21.7. The van der Waals surface area contributed by atoms with Crippen LogP contribution in [-0.4, -0.2) is 96.7 Å². The Kier molecular flexibility index (Phi) is 64.4. The van der Waals surface area contributed by atoms with Crippen LogP contribution in [0.4, 0.5) is 0 Å². The van der Waals surface area contributed by atoms with Gasteiger partial charge in [-0.05, 0) is 69.1 Å². The predicted molar refractivity (Wildman–Crippen MR) is 386 cm³/mol. The van der Waals surface area contributed by atoms with Crippen LogP contribution in [0.15, 0.2) is 24.3 Å². The van der Waals surface area contributed by atoms with Crippen LogP contribution in [0.2, 0.25) is 0 Å². The van der Waals surface area contributed by atoms with E-state index in [0.29, 0.717) is 25.7 Å². The topological polar surface area (TPSA) is 237 Å². The highest BCUT2D eigenvalue weighted by atomic mass is 31.2. The molecular formula is C76H144O17P2. The molecule has 0 fully saturated rings. The number of carbonyl (C=O) groups excluding carboxylic acids is 4. The maximum atomic E-state index is 13.1. The third-order valence-corrected chi connectivity index (χ3v) is 19.3. The Morgan fingerprint density at radius 1 is 0.347 bits per heavy atom. The van der Waals surface area contributed by atoms with Crippen LogP contribution in [0.3, 0.4) is 0 Å². The van der Waals surface area contributed by atoms with Gasteiger partial charge in [-0.15, -0.1) is 0 Å². The Bertz CT molecular complexity index is 1950. The molecule has 3 N–H and O–H groups in total. The summed E-state index contributed by atoms with van der Waals surface area (Å²) in [5.74, 6) is 0.157. The van der Waals surface area contributed by atoms with Gasteiger partial charge in [-0.25, -0.2) is 9.13 Å². The van der Waals surface area contributed by atoms with Crippen LogP contribution in [-0.2, 0) is 65.4 Å². The van der Waals surface area contributed by atoms with Gasteiger partial charge >= 0.3 is 39.5 Å². The molecule has 19 heteroatoms. The van der Waals surface area contributed by atoms with Gasteiger partial charge in [0.2, 0.25) is 0 Å². The van der Waals surface area contributed by atoms with E-state index in [9.17, 15) is 43.2 Å². The molecule has 0 amide bonds. The lowest BCUT2D eigenvalue weighted by Gasteiger charge is -2.21. The number of rotatable bonds is 72. The van der Waals surface area contributed by atoms with Gasteiger partial charge in [0.15, 0.2) is 12.2 Å². The number of hydrogen-bond acceptors (Lipinski definition) is 15. The lowest BCUT2D eigenvalue weighted by atomic mass is 9.99. The average Bonchev–Trinajstić information content (AvgIpc) is 1.70. The van der Waals surface area contributed by atoms with E-state index in [1.807, 2.05) is 0 Å².